The van der Waals surface area contributed by atoms with Crippen molar-refractivity contribution in [2.45, 2.75) is 52.0 Å². The maximum atomic E-state index is 12.5. The van der Waals surface area contributed by atoms with E-state index in [0.717, 1.165) is 37.7 Å². The Kier molecular flexibility index (Phi) is 5.74. The Morgan fingerprint density at radius 1 is 1.04 bits per heavy atom. The molecular weight excluding hydrogens is 328 g/mol. The van der Waals surface area contributed by atoms with E-state index in [0.29, 0.717) is 6.54 Å². The third kappa shape index (κ3) is 3.81. The molecule has 1 aromatic carbocycles. The van der Waals surface area contributed by atoms with E-state index >= 15 is 0 Å². The number of imide groups is 1. The van der Waals surface area contributed by atoms with Gasteiger partial charge in [0.25, 0.3) is 0 Å². The molecule has 0 aromatic heterocycles. The summed E-state index contributed by atoms with van der Waals surface area (Å²) in [6.45, 7) is 2.86. The minimum absolute atomic E-state index is 0.0416. The molecule has 3 amide bonds. The molecule has 0 spiro atoms. The van der Waals surface area contributed by atoms with Crippen LogP contribution in [0.15, 0.2) is 24.3 Å². The van der Waals surface area contributed by atoms with Crippen LogP contribution in [0, 0.1) is 11.8 Å². The van der Waals surface area contributed by atoms with Gasteiger partial charge >= 0.3 is 0 Å². The van der Waals surface area contributed by atoms with Crippen molar-refractivity contribution in [2.75, 3.05) is 13.6 Å². The number of benzene rings is 1. The number of carbonyl (C=O) groups excluding carboxylic acids is 3. The summed E-state index contributed by atoms with van der Waals surface area (Å²) >= 11 is 0. The number of likely N-dealkylation sites (tertiary alicyclic amines) is 1. The van der Waals surface area contributed by atoms with Crippen LogP contribution in [-0.4, -0.2) is 41.1 Å². The Balaban J connectivity index is 1.52. The fourth-order valence-corrected chi connectivity index (χ4v) is 4.09. The van der Waals surface area contributed by atoms with Crippen LogP contribution in [0.4, 0.5) is 0 Å². The fourth-order valence-electron chi connectivity index (χ4n) is 4.09. The molecule has 140 valence electrons. The molecule has 1 aromatic rings. The smallest absolute Gasteiger partial charge is 0.233 e. The lowest BCUT2D eigenvalue weighted by molar-refractivity contribution is -0.140. The molecule has 1 saturated heterocycles. The van der Waals surface area contributed by atoms with E-state index in [-0.39, 0.29) is 42.5 Å². The lowest BCUT2D eigenvalue weighted by Crippen LogP contribution is -2.36. The second kappa shape index (κ2) is 8.02. The average molecular weight is 356 g/mol. The largest absolute Gasteiger partial charge is 0.341 e. The third-order valence-corrected chi connectivity index (χ3v) is 5.76. The highest BCUT2D eigenvalue weighted by molar-refractivity contribution is 6.05. The minimum Gasteiger partial charge on any atom is -0.341 e. The molecule has 2 unspecified atom stereocenters. The highest BCUT2D eigenvalue weighted by Gasteiger charge is 2.47. The molecule has 5 heteroatoms. The number of amides is 3. The van der Waals surface area contributed by atoms with Crippen molar-refractivity contribution in [1.29, 1.82) is 0 Å². The van der Waals surface area contributed by atoms with E-state index in [9.17, 15) is 14.4 Å². The van der Waals surface area contributed by atoms with Gasteiger partial charge in [0, 0.05) is 26.6 Å². The molecule has 26 heavy (non-hydrogen) atoms. The SMILES string of the molecule is CCc1ccc(CN(C)C(=O)CCN2C(=O)C3CCCCC3C2=O)cc1. The van der Waals surface area contributed by atoms with Crippen molar-refractivity contribution in [3.8, 4) is 0 Å². The zero-order chi connectivity index (χ0) is 18.7. The number of hydrogen-bond acceptors (Lipinski definition) is 3. The molecular formula is C21H28N2O3. The highest BCUT2D eigenvalue weighted by Crippen LogP contribution is 2.37. The number of carbonyl (C=O) groups is 3. The Labute approximate surface area is 155 Å². The summed E-state index contributed by atoms with van der Waals surface area (Å²) in [7, 11) is 1.77. The maximum Gasteiger partial charge on any atom is 0.233 e. The van der Waals surface area contributed by atoms with Crippen LogP contribution in [0.1, 0.15) is 50.2 Å². The summed E-state index contributed by atoms with van der Waals surface area (Å²) in [5.41, 5.74) is 2.35. The van der Waals surface area contributed by atoms with Crippen LogP contribution in [0.5, 0.6) is 0 Å². The van der Waals surface area contributed by atoms with Gasteiger partial charge in [0.2, 0.25) is 17.7 Å². The van der Waals surface area contributed by atoms with E-state index in [1.165, 1.54) is 10.5 Å². The normalized spacial score (nSPS) is 22.5. The fraction of sp³-hybridized carbons (Fsp3) is 0.571. The summed E-state index contributed by atoms with van der Waals surface area (Å²) in [4.78, 5) is 40.4. The van der Waals surface area contributed by atoms with Crippen LogP contribution >= 0.6 is 0 Å². The molecule has 2 fully saturated rings. The zero-order valence-corrected chi connectivity index (χ0v) is 15.7. The van der Waals surface area contributed by atoms with Crippen molar-refractivity contribution < 1.29 is 14.4 Å². The topological polar surface area (TPSA) is 57.7 Å². The predicted octanol–water partition coefficient (Wildman–Crippen LogP) is 2.77. The summed E-state index contributed by atoms with van der Waals surface area (Å²) in [5.74, 6) is -0.446. The number of aryl methyl sites for hydroxylation is 1. The van der Waals surface area contributed by atoms with Crippen LogP contribution in [0.2, 0.25) is 0 Å². The first kappa shape index (κ1) is 18.6. The molecule has 1 aliphatic carbocycles. The van der Waals surface area contributed by atoms with Crippen LogP contribution in [-0.2, 0) is 27.3 Å². The first-order chi connectivity index (χ1) is 12.5. The number of hydrogen-bond donors (Lipinski definition) is 0. The van der Waals surface area contributed by atoms with Gasteiger partial charge in [-0.3, -0.25) is 19.3 Å². The second-order valence-electron chi connectivity index (χ2n) is 7.50. The quantitative estimate of drug-likeness (QED) is 0.737. The molecule has 1 aliphatic heterocycles. The number of fused-ring (bicyclic) bond motifs is 1. The van der Waals surface area contributed by atoms with Crippen molar-refractivity contribution in [3.63, 3.8) is 0 Å². The van der Waals surface area contributed by atoms with Crippen LogP contribution in [0.25, 0.3) is 0 Å². The molecule has 1 saturated carbocycles. The van der Waals surface area contributed by atoms with Crippen molar-refractivity contribution in [3.05, 3.63) is 35.4 Å². The van der Waals surface area contributed by atoms with E-state index < -0.39 is 0 Å². The van der Waals surface area contributed by atoms with Crippen LogP contribution < -0.4 is 0 Å². The van der Waals surface area contributed by atoms with Crippen molar-refractivity contribution in [1.82, 2.24) is 9.80 Å². The van der Waals surface area contributed by atoms with Gasteiger partial charge in [-0.05, 0) is 30.4 Å². The molecule has 2 aliphatic rings. The Bertz CT molecular complexity index is 659. The molecule has 1 heterocycles. The first-order valence-electron chi connectivity index (χ1n) is 9.68. The summed E-state index contributed by atoms with van der Waals surface area (Å²) in [6, 6.07) is 8.25. The maximum absolute atomic E-state index is 12.5. The standard InChI is InChI=1S/C21H28N2O3/c1-3-15-8-10-16(11-9-15)14-22(2)19(24)12-13-23-20(25)17-6-4-5-7-18(17)21(23)26/h8-11,17-18H,3-7,12-14H2,1-2H3. The van der Waals surface area contributed by atoms with Crippen LogP contribution in [0.3, 0.4) is 0 Å². The predicted molar refractivity (Wildman–Crippen MR) is 99.1 cm³/mol. The average Bonchev–Trinajstić information content (AvgIpc) is 2.91. The van der Waals surface area contributed by atoms with Crippen molar-refractivity contribution >= 4 is 17.7 Å². The number of rotatable bonds is 6. The van der Waals surface area contributed by atoms with E-state index in [4.69, 9.17) is 0 Å². The monoisotopic (exact) mass is 356 g/mol. The van der Waals surface area contributed by atoms with Gasteiger partial charge in [-0.25, -0.2) is 0 Å². The Morgan fingerprint density at radius 3 is 2.12 bits per heavy atom. The lowest BCUT2D eigenvalue weighted by Gasteiger charge is -2.20. The number of nitrogens with zero attached hydrogens (tertiary/aromatic N) is 2. The van der Waals surface area contributed by atoms with Gasteiger partial charge in [0.05, 0.1) is 11.8 Å². The zero-order valence-electron chi connectivity index (χ0n) is 15.7. The minimum atomic E-state index is -0.138. The molecule has 5 nitrogen and oxygen atoms in total. The summed E-state index contributed by atoms with van der Waals surface area (Å²) in [6.07, 6.45) is 4.86. The molecule has 2 atom stereocenters. The second-order valence-corrected chi connectivity index (χ2v) is 7.50. The Hall–Kier alpha value is -2.17. The molecule has 0 N–H and O–H groups in total. The van der Waals surface area contributed by atoms with Gasteiger partial charge in [0.1, 0.15) is 0 Å². The highest BCUT2D eigenvalue weighted by atomic mass is 16.2. The first-order valence-corrected chi connectivity index (χ1v) is 9.68. The molecule has 0 radical (unpaired) electrons. The van der Waals surface area contributed by atoms with Gasteiger partial charge in [-0.15, -0.1) is 0 Å². The molecule has 0 bridgehead atoms. The summed E-state index contributed by atoms with van der Waals surface area (Å²) in [5, 5.41) is 0. The van der Waals surface area contributed by atoms with E-state index in [1.54, 1.807) is 11.9 Å². The van der Waals surface area contributed by atoms with Gasteiger partial charge in [-0.2, -0.15) is 0 Å². The Morgan fingerprint density at radius 2 is 1.58 bits per heavy atom. The molecule has 3 rings (SSSR count). The van der Waals surface area contributed by atoms with Gasteiger partial charge in [-0.1, -0.05) is 44.0 Å². The third-order valence-electron chi connectivity index (χ3n) is 5.76. The van der Waals surface area contributed by atoms with Gasteiger partial charge < -0.3 is 4.90 Å². The van der Waals surface area contributed by atoms with E-state index in [2.05, 4.69) is 19.1 Å². The van der Waals surface area contributed by atoms with Crippen molar-refractivity contribution in [2.24, 2.45) is 11.8 Å². The lowest BCUT2D eigenvalue weighted by atomic mass is 9.81. The summed E-state index contributed by atoms with van der Waals surface area (Å²) < 4.78 is 0. The van der Waals surface area contributed by atoms with Gasteiger partial charge in [0.15, 0.2) is 0 Å². The van der Waals surface area contributed by atoms with E-state index in [1.807, 2.05) is 12.1 Å².